The van der Waals surface area contributed by atoms with Gasteiger partial charge in [-0.05, 0) is 6.42 Å². The van der Waals surface area contributed by atoms with E-state index in [1.165, 1.54) is 0 Å². The van der Waals surface area contributed by atoms with E-state index in [0.717, 1.165) is 0 Å². The van der Waals surface area contributed by atoms with Crippen LogP contribution in [0.25, 0.3) is 0 Å². The molecule has 0 aliphatic rings. The molecule has 0 bridgehead atoms. The third kappa shape index (κ3) is 4.80. The number of hydrogen-bond acceptors (Lipinski definition) is 3. The second-order valence-electron chi connectivity index (χ2n) is 1.79. The van der Waals surface area contributed by atoms with Gasteiger partial charge in [0.1, 0.15) is 0 Å². The SMILES string of the molecule is CCCC(C#N)C(=O)[O-].[Na+]. The van der Waals surface area contributed by atoms with E-state index in [9.17, 15) is 9.90 Å². The second kappa shape index (κ2) is 7.07. The van der Waals surface area contributed by atoms with Crippen molar-refractivity contribution in [2.45, 2.75) is 19.8 Å². The van der Waals surface area contributed by atoms with Crippen LogP contribution in [0.5, 0.6) is 0 Å². The Bertz CT molecular complexity index is 141. The number of carbonyl (C=O) groups is 1. The Hall–Kier alpha value is -0.0400. The Kier molecular flexibility index (Phi) is 8.92. The molecule has 0 N–H and O–H groups in total. The van der Waals surface area contributed by atoms with E-state index < -0.39 is 11.9 Å². The van der Waals surface area contributed by atoms with Crippen molar-refractivity contribution in [2.24, 2.45) is 5.92 Å². The zero-order valence-corrected chi connectivity index (χ0v) is 8.26. The summed E-state index contributed by atoms with van der Waals surface area (Å²) in [6, 6.07) is 1.64. The van der Waals surface area contributed by atoms with E-state index >= 15 is 0 Å². The Morgan fingerprint density at radius 2 is 2.30 bits per heavy atom. The maximum atomic E-state index is 9.99. The molecule has 0 radical (unpaired) electrons. The van der Waals surface area contributed by atoms with Crippen LogP contribution in [0.15, 0.2) is 0 Å². The smallest absolute Gasteiger partial charge is 0.549 e. The fraction of sp³-hybridized carbons (Fsp3) is 0.667. The van der Waals surface area contributed by atoms with E-state index in [1.54, 1.807) is 6.07 Å². The fourth-order valence-corrected chi connectivity index (χ4v) is 0.524. The number of rotatable bonds is 3. The number of carboxylic acids is 1. The van der Waals surface area contributed by atoms with Crippen LogP contribution in [0.4, 0.5) is 0 Å². The Labute approximate surface area is 82.3 Å². The minimum Gasteiger partial charge on any atom is -0.549 e. The molecule has 0 fully saturated rings. The first-order valence-electron chi connectivity index (χ1n) is 2.82. The molecule has 4 heteroatoms. The van der Waals surface area contributed by atoms with Gasteiger partial charge in [-0.25, -0.2) is 0 Å². The van der Waals surface area contributed by atoms with Gasteiger partial charge < -0.3 is 9.90 Å². The van der Waals surface area contributed by atoms with Gasteiger partial charge in [0.25, 0.3) is 0 Å². The molecule has 1 atom stereocenters. The second-order valence-corrected chi connectivity index (χ2v) is 1.79. The molecule has 1 unspecified atom stereocenters. The molecule has 0 aliphatic carbocycles. The van der Waals surface area contributed by atoms with E-state index in [-0.39, 0.29) is 29.6 Å². The standard InChI is InChI=1S/C6H9NO2.Na/c1-2-3-5(4-7)6(8)9;/h5H,2-3H2,1H3,(H,8,9);/q;+1/p-1. The summed E-state index contributed by atoms with van der Waals surface area (Å²) in [7, 11) is 0. The van der Waals surface area contributed by atoms with E-state index in [4.69, 9.17) is 5.26 Å². The third-order valence-corrected chi connectivity index (χ3v) is 1.02. The molecule has 0 aromatic heterocycles. The fourth-order valence-electron chi connectivity index (χ4n) is 0.524. The van der Waals surface area contributed by atoms with Gasteiger partial charge in [-0.2, -0.15) is 5.26 Å². The summed E-state index contributed by atoms with van der Waals surface area (Å²) < 4.78 is 0. The quantitative estimate of drug-likeness (QED) is 0.394. The van der Waals surface area contributed by atoms with Crippen molar-refractivity contribution < 1.29 is 39.5 Å². The van der Waals surface area contributed by atoms with Gasteiger partial charge in [0.15, 0.2) is 0 Å². The summed E-state index contributed by atoms with van der Waals surface area (Å²) in [4.78, 5) is 9.99. The van der Waals surface area contributed by atoms with Crippen LogP contribution in [-0.4, -0.2) is 5.97 Å². The molecule has 0 saturated carbocycles. The molecule has 50 valence electrons. The zero-order chi connectivity index (χ0) is 7.28. The maximum Gasteiger partial charge on any atom is 1.00 e. The van der Waals surface area contributed by atoms with Crippen LogP contribution in [0, 0.1) is 17.2 Å². The van der Waals surface area contributed by atoms with E-state index in [1.807, 2.05) is 6.92 Å². The van der Waals surface area contributed by atoms with Crippen LogP contribution < -0.4 is 34.7 Å². The van der Waals surface area contributed by atoms with E-state index in [2.05, 4.69) is 0 Å². The number of nitriles is 1. The summed E-state index contributed by atoms with van der Waals surface area (Å²) in [5.41, 5.74) is 0. The number of carbonyl (C=O) groups excluding carboxylic acids is 1. The topological polar surface area (TPSA) is 63.9 Å². The number of nitrogens with zero attached hydrogens (tertiary/aromatic N) is 1. The van der Waals surface area contributed by atoms with Crippen LogP contribution in [0.2, 0.25) is 0 Å². The van der Waals surface area contributed by atoms with Gasteiger partial charge in [-0.3, -0.25) is 0 Å². The molecular weight excluding hydrogens is 141 g/mol. The average molecular weight is 149 g/mol. The number of carboxylic acid groups (broad SMARTS) is 1. The van der Waals surface area contributed by atoms with Crippen molar-refractivity contribution in [3.8, 4) is 6.07 Å². The Morgan fingerprint density at radius 3 is 2.40 bits per heavy atom. The third-order valence-electron chi connectivity index (χ3n) is 1.02. The first-order valence-corrected chi connectivity index (χ1v) is 2.82. The Balaban J connectivity index is 0. The van der Waals surface area contributed by atoms with Crippen LogP contribution in [0.3, 0.4) is 0 Å². The van der Waals surface area contributed by atoms with Gasteiger partial charge >= 0.3 is 29.6 Å². The van der Waals surface area contributed by atoms with E-state index in [0.29, 0.717) is 12.8 Å². The molecular formula is C6H8NNaO2. The molecule has 0 saturated heterocycles. The van der Waals surface area contributed by atoms with Crippen LogP contribution in [0.1, 0.15) is 19.8 Å². The summed E-state index contributed by atoms with van der Waals surface area (Å²) in [5.74, 6) is -2.19. The van der Waals surface area contributed by atoms with Crippen molar-refractivity contribution in [2.75, 3.05) is 0 Å². The molecule has 0 spiro atoms. The van der Waals surface area contributed by atoms with Crippen molar-refractivity contribution in [1.29, 1.82) is 5.26 Å². The molecule has 3 nitrogen and oxygen atoms in total. The van der Waals surface area contributed by atoms with Crippen molar-refractivity contribution >= 4 is 5.97 Å². The van der Waals surface area contributed by atoms with Crippen molar-refractivity contribution in [1.82, 2.24) is 0 Å². The number of hydrogen-bond donors (Lipinski definition) is 0. The molecule has 10 heavy (non-hydrogen) atoms. The summed E-state index contributed by atoms with van der Waals surface area (Å²) in [6.45, 7) is 1.83. The maximum absolute atomic E-state index is 9.99. The summed E-state index contributed by atoms with van der Waals surface area (Å²) in [6.07, 6.45) is 1.09. The van der Waals surface area contributed by atoms with Crippen molar-refractivity contribution in [3.05, 3.63) is 0 Å². The summed E-state index contributed by atoms with van der Waals surface area (Å²) in [5, 5.41) is 18.1. The molecule has 0 aromatic rings. The van der Waals surface area contributed by atoms with Gasteiger partial charge in [0.2, 0.25) is 0 Å². The Morgan fingerprint density at radius 1 is 1.80 bits per heavy atom. The van der Waals surface area contributed by atoms with Gasteiger partial charge in [0.05, 0.1) is 18.0 Å². The zero-order valence-electron chi connectivity index (χ0n) is 6.26. The van der Waals surface area contributed by atoms with Crippen LogP contribution >= 0.6 is 0 Å². The average Bonchev–Trinajstić information content (AvgIpc) is 1.82. The molecule has 0 amide bonds. The largest absolute Gasteiger partial charge is 1.00 e. The van der Waals surface area contributed by atoms with Gasteiger partial charge in [0, 0.05) is 0 Å². The minimum absolute atomic E-state index is 0. The van der Waals surface area contributed by atoms with Crippen molar-refractivity contribution in [3.63, 3.8) is 0 Å². The first-order chi connectivity index (χ1) is 4.22. The number of aliphatic carboxylic acids is 1. The minimum atomic E-state index is -1.26. The molecule has 0 aromatic carbocycles. The molecule has 0 rings (SSSR count). The monoisotopic (exact) mass is 149 g/mol. The predicted molar refractivity (Wildman–Crippen MR) is 29.0 cm³/mol. The summed E-state index contributed by atoms with van der Waals surface area (Å²) >= 11 is 0. The molecule has 0 aliphatic heterocycles. The predicted octanol–water partition coefficient (Wildman–Crippen LogP) is -3.32. The normalized spacial score (nSPS) is 10.8. The molecule has 0 heterocycles. The van der Waals surface area contributed by atoms with Gasteiger partial charge in [-0.15, -0.1) is 0 Å². The first kappa shape index (κ1) is 12.6. The van der Waals surface area contributed by atoms with Crippen LogP contribution in [-0.2, 0) is 4.79 Å². The van der Waals surface area contributed by atoms with Gasteiger partial charge in [-0.1, -0.05) is 13.3 Å².